The molecule has 1 saturated heterocycles. The zero-order valence-corrected chi connectivity index (χ0v) is 20.6. The van der Waals surface area contributed by atoms with Gasteiger partial charge in [0.2, 0.25) is 17.7 Å². The van der Waals surface area contributed by atoms with Crippen molar-refractivity contribution in [1.29, 1.82) is 0 Å². The molecule has 0 aromatic carbocycles. The first-order valence-electron chi connectivity index (χ1n) is 12.0. The number of aromatic nitrogens is 2. The number of guanidine groups is 1. The van der Waals surface area contributed by atoms with Crippen molar-refractivity contribution in [3.8, 4) is 0 Å². The molecule has 36 heavy (non-hydrogen) atoms. The topological polar surface area (TPSA) is 230 Å². The molecule has 4 unspecified atom stereocenters. The van der Waals surface area contributed by atoms with E-state index in [1.807, 2.05) is 0 Å². The van der Waals surface area contributed by atoms with Gasteiger partial charge in [0.15, 0.2) is 5.96 Å². The number of carbonyl (C=O) groups is 4. The monoisotopic (exact) mass is 507 g/mol. The minimum atomic E-state index is -1.18. The molecule has 0 saturated carbocycles. The molecule has 3 amide bonds. The zero-order valence-electron chi connectivity index (χ0n) is 20.6. The molecule has 14 heteroatoms. The summed E-state index contributed by atoms with van der Waals surface area (Å²) in [6, 6.07) is -3.60. The Balaban J connectivity index is 2.17. The van der Waals surface area contributed by atoms with Gasteiger partial charge in [-0.25, -0.2) is 9.78 Å². The smallest absolute Gasteiger partial charge is 0.326 e. The fourth-order valence-corrected chi connectivity index (χ4v) is 3.82. The van der Waals surface area contributed by atoms with Crippen LogP contribution >= 0.6 is 0 Å². The van der Waals surface area contributed by atoms with E-state index in [0.29, 0.717) is 25.1 Å². The molecule has 1 fully saturated rings. The number of aliphatic imine (C=N–C) groups is 1. The van der Waals surface area contributed by atoms with Gasteiger partial charge in [0, 0.05) is 24.9 Å². The molecule has 0 bridgehead atoms. The van der Waals surface area contributed by atoms with E-state index in [9.17, 15) is 24.3 Å². The highest BCUT2D eigenvalue weighted by atomic mass is 16.4. The number of rotatable bonds is 14. The van der Waals surface area contributed by atoms with E-state index in [4.69, 9.17) is 11.5 Å². The highest BCUT2D eigenvalue weighted by Crippen LogP contribution is 2.09. The third-order valence-electron chi connectivity index (χ3n) is 5.80. The Labute approximate surface area is 209 Å². The lowest BCUT2D eigenvalue weighted by molar-refractivity contribution is -0.143. The maximum Gasteiger partial charge on any atom is 0.326 e. The molecular formula is C22H37N9O5. The van der Waals surface area contributed by atoms with Crippen molar-refractivity contribution < 1.29 is 24.3 Å². The maximum absolute atomic E-state index is 13.3. The second-order valence-corrected chi connectivity index (χ2v) is 9.07. The fourth-order valence-electron chi connectivity index (χ4n) is 3.82. The van der Waals surface area contributed by atoms with Gasteiger partial charge in [-0.1, -0.05) is 13.8 Å². The van der Waals surface area contributed by atoms with Crippen molar-refractivity contribution in [3.05, 3.63) is 18.2 Å². The number of aromatic amines is 1. The minimum absolute atomic E-state index is 0.0425. The Morgan fingerprint density at radius 1 is 1.17 bits per heavy atom. The third-order valence-corrected chi connectivity index (χ3v) is 5.80. The number of carbonyl (C=O) groups excluding carboxylic acids is 3. The predicted octanol–water partition coefficient (Wildman–Crippen LogP) is -2.05. The highest BCUT2D eigenvalue weighted by molar-refractivity contribution is 5.94. The maximum atomic E-state index is 13.3. The molecule has 0 spiro atoms. The average molecular weight is 508 g/mol. The van der Waals surface area contributed by atoms with E-state index in [0.717, 1.165) is 6.42 Å². The summed E-state index contributed by atoms with van der Waals surface area (Å²) < 4.78 is 0. The van der Waals surface area contributed by atoms with Crippen molar-refractivity contribution in [2.45, 2.75) is 70.1 Å². The summed E-state index contributed by atoms with van der Waals surface area (Å²) in [5.41, 5.74) is 11.3. The number of carboxylic acid groups (broad SMARTS) is 1. The number of nitrogens with two attached hydrogens (primary N) is 2. The van der Waals surface area contributed by atoms with Gasteiger partial charge in [-0.05, 0) is 38.1 Å². The Morgan fingerprint density at radius 3 is 2.44 bits per heavy atom. The molecule has 2 rings (SSSR count). The number of amides is 3. The van der Waals surface area contributed by atoms with E-state index in [1.54, 1.807) is 13.8 Å². The van der Waals surface area contributed by atoms with Crippen LogP contribution in [0.5, 0.6) is 0 Å². The molecule has 14 nitrogen and oxygen atoms in total. The average Bonchev–Trinajstić information content (AvgIpc) is 3.52. The molecule has 1 aliphatic heterocycles. The highest BCUT2D eigenvalue weighted by Gasteiger charge is 2.32. The van der Waals surface area contributed by atoms with E-state index >= 15 is 0 Å². The summed E-state index contributed by atoms with van der Waals surface area (Å²) >= 11 is 0. The summed E-state index contributed by atoms with van der Waals surface area (Å²) in [6.45, 7) is 4.31. The number of nitrogens with one attached hydrogen (secondary N) is 5. The van der Waals surface area contributed by atoms with Gasteiger partial charge in [-0.3, -0.25) is 19.4 Å². The number of nitrogens with zero attached hydrogens (tertiary/aromatic N) is 2. The molecule has 0 aliphatic carbocycles. The first kappa shape index (κ1) is 28.6. The minimum Gasteiger partial charge on any atom is -0.480 e. The summed E-state index contributed by atoms with van der Waals surface area (Å²) in [5, 5.41) is 20.5. The van der Waals surface area contributed by atoms with Gasteiger partial charge in [0.1, 0.15) is 18.1 Å². The third kappa shape index (κ3) is 9.17. The Hall–Kier alpha value is -3.68. The summed E-state index contributed by atoms with van der Waals surface area (Å²) in [4.78, 5) is 61.3. The SMILES string of the molecule is CC(C)C(NC(=O)C(Cc1cnc[nH]1)NC(=O)C(CCCN=C(N)N)NC(=O)C1CCCN1)C(=O)O. The van der Waals surface area contributed by atoms with Crippen molar-refractivity contribution >= 4 is 29.7 Å². The lowest BCUT2D eigenvalue weighted by atomic mass is 10.0. The van der Waals surface area contributed by atoms with Crippen LogP contribution in [0.2, 0.25) is 0 Å². The Bertz CT molecular complexity index is 909. The lowest BCUT2D eigenvalue weighted by Gasteiger charge is -2.26. The lowest BCUT2D eigenvalue weighted by Crippen LogP contribution is -2.58. The summed E-state index contributed by atoms with van der Waals surface area (Å²) in [5.74, 6) is -3.20. The van der Waals surface area contributed by atoms with E-state index in [-0.39, 0.29) is 37.2 Å². The van der Waals surface area contributed by atoms with Gasteiger partial charge < -0.3 is 42.8 Å². The first-order valence-corrected chi connectivity index (χ1v) is 12.0. The van der Waals surface area contributed by atoms with Gasteiger partial charge in [0.05, 0.1) is 12.4 Å². The molecule has 1 aromatic heterocycles. The van der Waals surface area contributed by atoms with Crippen molar-refractivity contribution in [2.24, 2.45) is 22.4 Å². The van der Waals surface area contributed by atoms with E-state index in [1.165, 1.54) is 12.5 Å². The second kappa shape index (κ2) is 14.0. The molecule has 0 radical (unpaired) electrons. The molecule has 1 aromatic rings. The second-order valence-electron chi connectivity index (χ2n) is 9.07. The van der Waals surface area contributed by atoms with E-state index in [2.05, 4.69) is 36.2 Å². The standard InChI is InChI=1S/C22H37N9O5/c1-12(2)17(21(35)36)31-20(34)16(9-13-10-25-11-28-13)30-19(33)15(6-4-8-27-22(23)24)29-18(32)14-5-3-7-26-14/h10-12,14-17,26H,3-9H2,1-2H3,(H,25,28)(H,29,32)(H,30,33)(H,31,34)(H,35,36)(H4,23,24,27). The molecule has 10 N–H and O–H groups in total. The van der Waals surface area contributed by atoms with E-state index < -0.39 is 42.0 Å². The van der Waals surface area contributed by atoms with Crippen LogP contribution in [-0.2, 0) is 25.6 Å². The summed E-state index contributed by atoms with van der Waals surface area (Å²) in [6.07, 6.45) is 5.12. The first-order chi connectivity index (χ1) is 17.1. The normalized spacial score (nSPS) is 17.6. The van der Waals surface area contributed by atoms with Crippen molar-refractivity contribution in [2.75, 3.05) is 13.1 Å². The number of H-pyrrole nitrogens is 1. The largest absolute Gasteiger partial charge is 0.480 e. The number of hydrogen-bond acceptors (Lipinski definition) is 7. The molecule has 2 heterocycles. The van der Waals surface area contributed by atoms with Gasteiger partial charge in [-0.15, -0.1) is 0 Å². The molecule has 1 aliphatic rings. The summed E-state index contributed by atoms with van der Waals surface area (Å²) in [7, 11) is 0. The Morgan fingerprint density at radius 2 is 1.89 bits per heavy atom. The molecule has 200 valence electrons. The van der Waals surface area contributed by atoms with Gasteiger partial charge in [-0.2, -0.15) is 0 Å². The van der Waals surface area contributed by atoms with Crippen molar-refractivity contribution in [3.63, 3.8) is 0 Å². The fraction of sp³-hybridized carbons (Fsp3) is 0.636. The zero-order chi connectivity index (χ0) is 26.7. The van der Waals surface area contributed by atoms with Crippen LogP contribution in [0.15, 0.2) is 17.5 Å². The van der Waals surface area contributed by atoms with Gasteiger partial charge >= 0.3 is 5.97 Å². The Kier molecular flexibility index (Phi) is 11.1. The van der Waals surface area contributed by atoms with Crippen molar-refractivity contribution in [1.82, 2.24) is 31.2 Å². The number of hydrogen-bond donors (Lipinski definition) is 8. The van der Waals surface area contributed by atoms with Crippen LogP contribution in [0.25, 0.3) is 0 Å². The number of carboxylic acids is 1. The van der Waals surface area contributed by atoms with Crippen LogP contribution < -0.4 is 32.7 Å². The van der Waals surface area contributed by atoms with Crippen LogP contribution in [0.3, 0.4) is 0 Å². The predicted molar refractivity (Wildman–Crippen MR) is 131 cm³/mol. The van der Waals surface area contributed by atoms with Crippen LogP contribution in [0.4, 0.5) is 0 Å². The van der Waals surface area contributed by atoms with Gasteiger partial charge in [0.25, 0.3) is 0 Å². The van der Waals surface area contributed by atoms with Crippen LogP contribution in [-0.4, -0.2) is 82.0 Å². The quantitative estimate of drug-likeness (QED) is 0.0786. The van der Waals surface area contributed by atoms with Crippen LogP contribution in [0.1, 0.15) is 45.2 Å². The van der Waals surface area contributed by atoms with Crippen LogP contribution in [0, 0.1) is 5.92 Å². The number of aliphatic carboxylic acids is 1. The molecule has 4 atom stereocenters. The molecular weight excluding hydrogens is 470 g/mol. The number of imidazole rings is 1.